The fraction of sp³-hybridized carbons (Fsp3) is 0.389. The highest BCUT2D eigenvalue weighted by Crippen LogP contribution is 2.36. The maximum Gasteiger partial charge on any atom is 0.263 e. The van der Waals surface area contributed by atoms with Crippen molar-refractivity contribution in [3.05, 3.63) is 36.2 Å². The molecule has 23 heavy (non-hydrogen) atoms. The van der Waals surface area contributed by atoms with Gasteiger partial charge in [0.15, 0.2) is 0 Å². The summed E-state index contributed by atoms with van der Waals surface area (Å²) in [5.74, 6) is 0.946. The topological polar surface area (TPSA) is 55.1 Å². The Kier molecular flexibility index (Phi) is 3.48. The lowest BCUT2D eigenvalue weighted by molar-refractivity contribution is 0.451. The van der Waals surface area contributed by atoms with E-state index < -0.39 is 0 Å². The van der Waals surface area contributed by atoms with Gasteiger partial charge in [-0.3, -0.25) is 0 Å². The van der Waals surface area contributed by atoms with E-state index in [0.717, 1.165) is 29.0 Å². The first-order chi connectivity index (χ1) is 11.3. The zero-order valence-electron chi connectivity index (χ0n) is 13.5. The lowest BCUT2D eigenvalue weighted by atomic mass is 10.0. The van der Waals surface area contributed by atoms with E-state index in [2.05, 4.69) is 46.0 Å². The molecule has 1 fully saturated rings. The van der Waals surface area contributed by atoms with E-state index in [9.17, 15) is 0 Å². The van der Waals surface area contributed by atoms with Gasteiger partial charge in [-0.25, -0.2) is 4.98 Å². The third kappa shape index (κ3) is 2.36. The molecule has 3 aromatic rings. The smallest absolute Gasteiger partial charge is 0.263 e. The number of fused-ring (bicyclic) bond motifs is 1. The summed E-state index contributed by atoms with van der Waals surface area (Å²) >= 11 is 0. The normalized spacial score (nSPS) is 18.5. The van der Waals surface area contributed by atoms with Crippen molar-refractivity contribution in [2.24, 2.45) is 0 Å². The lowest BCUT2D eigenvalue weighted by Gasteiger charge is -2.34. The summed E-state index contributed by atoms with van der Waals surface area (Å²) in [7, 11) is 0. The molecule has 5 nitrogen and oxygen atoms in total. The first kappa shape index (κ1) is 14.2. The molecule has 1 aromatic carbocycles. The van der Waals surface area contributed by atoms with Gasteiger partial charge in [0.25, 0.3) is 5.71 Å². The predicted molar refractivity (Wildman–Crippen MR) is 90.4 cm³/mol. The first-order valence-corrected chi connectivity index (χ1v) is 8.18. The molecule has 1 unspecified atom stereocenters. The summed E-state index contributed by atoms with van der Waals surface area (Å²) in [5, 5.41) is 5.23. The second kappa shape index (κ2) is 5.65. The van der Waals surface area contributed by atoms with E-state index in [-0.39, 0.29) is 0 Å². The Morgan fingerprint density at radius 3 is 2.87 bits per heavy atom. The molecule has 4 rings (SSSR count). The predicted octanol–water partition coefficient (Wildman–Crippen LogP) is 3.97. The van der Waals surface area contributed by atoms with Crippen LogP contribution in [0.15, 0.2) is 35.1 Å². The van der Waals surface area contributed by atoms with Crippen molar-refractivity contribution in [2.75, 3.05) is 11.4 Å². The molecule has 1 aliphatic rings. The van der Waals surface area contributed by atoms with Gasteiger partial charge in [0, 0.05) is 18.2 Å². The van der Waals surface area contributed by atoms with Crippen molar-refractivity contribution < 1.29 is 4.52 Å². The molecule has 1 atom stereocenters. The van der Waals surface area contributed by atoms with Crippen LogP contribution < -0.4 is 4.90 Å². The molecule has 1 aliphatic heterocycles. The number of rotatable bonds is 2. The highest BCUT2D eigenvalue weighted by molar-refractivity contribution is 5.98. The molecular weight excluding hydrogens is 288 g/mol. The number of nitrogens with zero attached hydrogens (tertiary/aromatic N) is 4. The Labute approximate surface area is 135 Å². The average Bonchev–Trinajstić information content (AvgIpc) is 3.00. The minimum atomic E-state index is 0.474. The lowest BCUT2D eigenvalue weighted by Crippen LogP contribution is -2.38. The first-order valence-electron chi connectivity index (χ1n) is 8.18. The van der Waals surface area contributed by atoms with E-state index in [1.54, 1.807) is 6.33 Å². The van der Waals surface area contributed by atoms with Crippen LogP contribution in [0.5, 0.6) is 0 Å². The summed E-state index contributed by atoms with van der Waals surface area (Å²) in [6.07, 6.45) is 5.24. The van der Waals surface area contributed by atoms with Crippen LogP contribution in [0.2, 0.25) is 0 Å². The molecule has 0 spiro atoms. The molecule has 3 heterocycles. The van der Waals surface area contributed by atoms with Gasteiger partial charge < -0.3 is 9.42 Å². The average molecular weight is 308 g/mol. The fourth-order valence-electron chi connectivity index (χ4n) is 3.42. The minimum Gasteiger partial charge on any atom is -0.353 e. The summed E-state index contributed by atoms with van der Waals surface area (Å²) in [6, 6.07) is 8.69. The van der Waals surface area contributed by atoms with Gasteiger partial charge in [-0.1, -0.05) is 29.4 Å². The van der Waals surface area contributed by atoms with Crippen LogP contribution in [0.25, 0.3) is 22.4 Å². The molecule has 0 aliphatic carbocycles. The van der Waals surface area contributed by atoms with Gasteiger partial charge in [0.2, 0.25) is 0 Å². The molecule has 0 amide bonds. The largest absolute Gasteiger partial charge is 0.353 e. The standard InChI is InChI=1S/C18H20N4O/c1-12-7-3-4-9-14(12)16-15-17(19-11-20-18(15)23-21-16)22-10-6-5-8-13(22)2/h3-4,7,9,11,13H,5-6,8,10H2,1-2H3. The van der Waals surface area contributed by atoms with Gasteiger partial charge >= 0.3 is 0 Å². The second-order valence-corrected chi connectivity index (χ2v) is 6.26. The zero-order chi connectivity index (χ0) is 15.8. The van der Waals surface area contributed by atoms with Crippen LogP contribution in [-0.4, -0.2) is 27.7 Å². The van der Waals surface area contributed by atoms with E-state index in [1.165, 1.54) is 24.8 Å². The Hall–Kier alpha value is -2.43. The van der Waals surface area contributed by atoms with E-state index in [0.29, 0.717) is 11.8 Å². The van der Waals surface area contributed by atoms with Crippen molar-refractivity contribution in [2.45, 2.75) is 39.2 Å². The van der Waals surface area contributed by atoms with Crippen molar-refractivity contribution in [1.29, 1.82) is 0 Å². The number of aromatic nitrogens is 3. The second-order valence-electron chi connectivity index (χ2n) is 6.26. The quantitative estimate of drug-likeness (QED) is 0.717. The number of aryl methyl sites for hydroxylation is 1. The van der Waals surface area contributed by atoms with Crippen LogP contribution in [-0.2, 0) is 0 Å². The molecular formula is C18H20N4O. The number of hydrogen-bond acceptors (Lipinski definition) is 5. The number of hydrogen-bond donors (Lipinski definition) is 0. The molecule has 0 bridgehead atoms. The highest BCUT2D eigenvalue weighted by atomic mass is 16.5. The molecule has 0 saturated carbocycles. The van der Waals surface area contributed by atoms with Crippen molar-refractivity contribution in [3.63, 3.8) is 0 Å². The number of benzene rings is 1. The van der Waals surface area contributed by atoms with Crippen LogP contribution >= 0.6 is 0 Å². The van der Waals surface area contributed by atoms with Crippen LogP contribution in [0, 0.1) is 6.92 Å². The Morgan fingerprint density at radius 1 is 1.17 bits per heavy atom. The maximum atomic E-state index is 5.50. The highest BCUT2D eigenvalue weighted by Gasteiger charge is 2.25. The van der Waals surface area contributed by atoms with E-state index >= 15 is 0 Å². The SMILES string of the molecule is Cc1ccccc1-c1noc2ncnc(N3CCCCC3C)c12. The van der Waals surface area contributed by atoms with E-state index in [1.807, 2.05) is 12.1 Å². The van der Waals surface area contributed by atoms with Crippen LogP contribution in [0.1, 0.15) is 31.7 Å². The Bertz CT molecular complexity index is 842. The summed E-state index contributed by atoms with van der Waals surface area (Å²) < 4.78 is 5.50. The molecule has 5 heteroatoms. The third-order valence-corrected chi connectivity index (χ3v) is 4.73. The van der Waals surface area contributed by atoms with Gasteiger partial charge in [0.05, 0.1) is 0 Å². The van der Waals surface area contributed by atoms with Crippen molar-refractivity contribution in [3.8, 4) is 11.3 Å². The van der Waals surface area contributed by atoms with E-state index in [4.69, 9.17) is 4.52 Å². The van der Waals surface area contributed by atoms with Crippen LogP contribution in [0.4, 0.5) is 5.82 Å². The zero-order valence-corrected chi connectivity index (χ0v) is 13.5. The number of piperidine rings is 1. The molecule has 0 radical (unpaired) electrons. The summed E-state index contributed by atoms with van der Waals surface area (Å²) in [6.45, 7) is 5.36. The molecule has 1 saturated heterocycles. The van der Waals surface area contributed by atoms with Crippen molar-refractivity contribution >= 4 is 16.9 Å². The Morgan fingerprint density at radius 2 is 2.04 bits per heavy atom. The van der Waals surface area contributed by atoms with Gasteiger partial charge in [-0.15, -0.1) is 0 Å². The fourth-order valence-corrected chi connectivity index (χ4v) is 3.42. The molecule has 118 valence electrons. The Balaban J connectivity index is 1.92. The van der Waals surface area contributed by atoms with Gasteiger partial charge in [-0.2, -0.15) is 4.98 Å². The number of anilines is 1. The minimum absolute atomic E-state index is 0.474. The third-order valence-electron chi connectivity index (χ3n) is 4.73. The van der Waals surface area contributed by atoms with Crippen LogP contribution in [0.3, 0.4) is 0 Å². The molecule has 0 N–H and O–H groups in total. The summed E-state index contributed by atoms with van der Waals surface area (Å²) in [5.41, 5.74) is 3.65. The molecule has 2 aromatic heterocycles. The van der Waals surface area contributed by atoms with Gasteiger partial charge in [0.1, 0.15) is 23.2 Å². The van der Waals surface area contributed by atoms with Gasteiger partial charge in [-0.05, 0) is 38.7 Å². The van der Waals surface area contributed by atoms with Crippen molar-refractivity contribution in [1.82, 2.24) is 15.1 Å². The maximum absolute atomic E-state index is 5.50. The monoisotopic (exact) mass is 308 g/mol. The summed E-state index contributed by atoms with van der Waals surface area (Å²) in [4.78, 5) is 11.2.